The maximum atomic E-state index is 12.5. The number of nitrogens with one attached hydrogen (secondary N) is 1. The molecule has 0 bridgehead atoms. The van der Waals surface area contributed by atoms with Gasteiger partial charge in [0.25, 0.3) is 0 Å². The van der Waals surface area contributed by atoms with Crippen molar-refractivity contribution in [3.8, 4) is 0 Å². The number of hydrogen-bond donors (Lipinski definition) is 1. The SMILES string of the molecule is C=C[C@@H]1OCC[C@H]1NC(=O)C(C)(C)c1cccnc1. The summed E-state index contributed by atoms with van der Waals surface area (Å²) in [5.74, 6) is -0.0112. The van der Waals surface area contributed by atoms with Gasteiger partial charge in [-0.1, -0.05) is 12.1 Å². The van der Waals surface area contributed by atoms with Gasteiger partial charge in [0.15, 0.2) is 0 Å². The van der Waals surface area contributed by atoms with Crippen LogP contribution in [-0.2, 0) is 14.9 Å². The fraction of sp³-hybridized carbons (Fsp3) is 0.467. The lowest BCUT2D eigenvalue weighted by Crippen LogP contribution is -2.47. The lowest BCUT2D eigenvalue weighted by atomic mass is 9.84. The first-order valence-electron chi connectivity index (χ1n) is 6.51. The molecule has 1 amide bonds. The number of carbonyl (C=O) groups excluding carboxylic acids is 1. The molecule has 1 saturated heterocycles. The summed E-state index contributed by atoms with van der Waals surface area (Å²) in [7, 11) is 0. The first-order valence-corrected chi connectivity index (χ1v) is 6.51. The number of carbonyl (C=O) groups is 1. The van der Waals surface area contributed by atoms with Crippen molar-refractivity contribution < 1.29 is 9.53 Å². The second-order valence-corrected chi connectivity index (χ2v) is 5.31. The summed E-state index contributed by atoms with van der Waals surface area (Å²) in [4.78, 5) is 16.5. The van der Waals surface area contributed by atoms with E-state index in [-0.39, 0.29) is 18.1 Å². The van der Waals surface area contributed by atoms with Crippen LogP contribution >= 0.6 is 0 Å². The molecule has 2 rings (SSSR count). The third kappa shape index (κ3) is 2.84. The number of ether oxygens (including phenoxy) is 1. The molecule has 4 nitrogen and oxygen atoms in total. The molecule has 1 aliphatic heterocycles. The number of pyridine rings is 1. The molecule has 0 aromatic carbocycles. The minimum absolute atomic E-state index is 0.0112. The van der Waals surface area contributed by atoms with Crippen molar-refractivity contribution in [3.05, 3.63) is 42.7 Å². The highest BCUT2D eigenvalue weighted by atomic mass is 16.5. The molecule has 1 aliphatic rings. The molecule has 1 N–H and O–H groups in total. The van der Waals surface area contributed by atoms with Gasteiger partial charge in [-0.25, -0.2) is 0 Å². The van der Waals surface area contributed by atoms with Crippen LogP contribution in [0.15, 0.2) is 37.2 Å². The van der Waals surface area contributed by atoms with Gasteiger partial charge in [-0.05, 0) is 31.9 Å². The van der Waals surface area contributed by atoms with Gasteiger partial charge in [-0.15, -0.1) is 6.58 Å². The van der Waals surface area contributed by atoms with Crippen LogP contribution in [0.3, 0.4) is 0 Å². The van der Waals surface area contributed by atoms with E-state index in [9.17, 15) is 4.79 Å². The Morgan fingerprint density at radius 1 is 1.63 bits per heavy atom. The summed E-state index contributed by atoms with van der Waals surface area (Å²) in [6, 6.07) is 3.78. The summed E-state index contributed by atoms with van der Waals surface area (Å²) in [5, 5.41) is 3.06. The summed E-state index contributed by atoms with van der Waals surface area (Å²) in [6.45, 7) is 8.20. The van der Waals surface area contributed by atoms with Crippen LogP contribution < -0.4 is 5.32 Å². The van der Waals surface area contributed by atoms with Crippen LogP contribution in [0.4, 0.5) is 0 Å². The predicted molar refractivity (Wildman–Crippen MR) is 73.7 cm³/mol. The van der Waals surface area contributed by atoms with Crippen LogP contribution in [0.25, 0.3) is 0 Å². The lowest BCUT2D eigenvalue weighted by molar-refractivity contribution is -0.126. The molecule has 0 unspecified atom stereocenters. The zero-order chi connectivity index (χ0) is 13.9. The molecule has 19 heavy (non-hydrogen) atoms. The third-order valence-corrected chi connectivity index (χ3v) is 3.64. The maximum Gasteiger partial charge on any atom is 0.230 e. The zero-order valence-electron chi connectivity index (χ0n) is 11.4. The average Bonchev–Trinajstić information content (AvgIpc) is 2.87. The van der Waals surface area contributed by atoms with E-state index >= 15 is 0 Å². The Bertz CT molecular complexity index is 456. The predicted octanol–water partition coefficient (Wildman–Crippen LogP) is 1.82. The van der Waals surface area contributed by atoms with Gasteiger partial charge in [-0.2, -0.15) is 0 Å². The van der Waals surface area contributed by atoms with Gasteiger partial charge >= 0.3 is 0 Å². The van der Waals surface area contributed by atoms with Gasteiger partial charge in [0, 0.05) is 19.0 Å². The molecule has 4 heteroatoms. The number of hydrogen-bond acceptors (Lipinski definition) is 3. The molecule has 0 saturated carbocycles. The van der Waals surface area contributed by atoms with Crippen molar-refractivity contribution in [1.82, 2.24) is 10.3 Å². The second kappa shape index (κ2) is 5.53. The van der Waals surface area contributed by atoms with Crippen LogP contribution in [0.1, 0.15) is 25.8 Å². The van der Waals surface area contributed by atoms with Gasteiger partial charge < -0.3 is 10.1 Å². The Morgan fingerprint density at radius 2 is 2.42 bits per heavy atom. The summed E-state index contributed by atoms with van der Waals surface area (Å²) < 4.78 is 5.49. The van der Waals surface area contributed by atoms with Crippen molar-refractivity contribution in [3.63, 3.8) is 0 Å². The standard InChI is InChI=1S/C15H20N2O2/c1-4-13-12(7-9-19-13)17-14(18)15(2,3)11-6-5-8-16-10-11/h4-6,8,10,12-13H,1,7,9H2,2-3H3,(H,17,18)/t12-,13+/m1/s1. The molecule has 2 heterocycles. The quantitative estimate of drug-likeness (QED) is 0.840. The fourth-order valence-electron chi connectivity index (χ4n) is 2.21. The van der Waals surface area contributed by atoms with E-state index in [0.717, 1.165) is 12.0 Å². The van der Waals surface area contributed by atoms with E-state index in [2.05, 4.69) is 16.9 Å². The molecule has 1 aromatic rings. The molecular weight excluding hydrogens is 240 g/mol. The molecule has 0 aliphatic carbocycles. The smallest absolute Gasteiger partial charge is 0.230 e. The van der Waals surface area contributed by atoms with Crippen LogP contribution in [0, 0.1) is 0 Å². The summed E-state index contributed by atoms with van der Waals surface area (Å²) in [6.07, 6.45) is 5.92. The first kappa shape index (κ1) is 13.7. The van der Waals surface area contributed by atoms with E-state index < -0.39 is 5.41 Å². The molecule has 0 spiro atoms. The highest BCUT2D eigenvalue weighted by Gasteiger charge is 2.34. The van der Waals surface area contributed by atoms with Crippen molar-refractivity contribution in [2.24, 2.45) is 0 Å². The van der Waals surface area contributed by atoms with E-state index in [1.165, 1.54) is 0 Å². The minimum Gasteiger partial charge on any atom is -0.372 e. The number of amides is 1. The molecule has 102 valence electrons. The Hall–Kier alpha value is -1.68. The van der Waals surface area contributed by atoms with Gasteiger partial charge in [0.05, 0.1) is 17.6 Å². The minimum atomic E-state index is -0.609. The van der Waals surface area contributed by atoms with E-state index in [0.29, 0.717) is 6.61 Å². The van der Waals surface area contributed by atoms with Gasteiger partial charge in [-0.3, -0.25) is 9.78 Å². The van der Waals surface area contributed by atoms with Gasteiger partial charge in [0.2, 0.25) is 5.91 Å². The summed E-state index contributed by atoms with van der Waals surface area (Å²) in [5.41, 5.74) is 0.296. The van der Waals surface area contributed by atoms with Crippen molar-refractivity contribution >= 4 is 5.91 Å². The maximum absolute atomic E-state index is 12.5. The third-order valence-electron chi connectivity index (χ3n) is 3.64. The number of rotatable bonds is 4. The lowest BCUT2D eigenvalue weighted by Gasteiger charge is -2.27. The van der Waals surface area contributed by atoms with Crippen molar-refractivity contribution in [1.29, 1.82) is 0 Å². The Morgan fingerprint density at radius 3 is 3.05 bits per heavy atom. The Labute approximate surface area is 113 Å². The molecule has 0 radical (unpaired) electrons. The molecule has 1 fully saturated rings. The van der Waals surface area contributed by atoms with E-state index in [1.807, 2.05) is 26.0 Å². The van der Waals surface area contributed by atoms with E-state index in [4.69, 9.17) is 4.74 Å². The van der Waals surface area contributed by atoms with Gasteiger partial charge in [0.1, 0.15) is 0 Å². The fourth-order valence-corrected chi connectivity index (χ4v) is 2.21. The monoisotopic (exact) mass is 260 g/mol. The molecule has 2 atom stereocenters. The molecular formula is C15H20N2O2. The largest absolute Gasteiger partial charge is 0.372 e. The number of aromatic nitrogens is 1. The summed E-state index contributed by atoms with van der Waals surface area (Å²) >= 11 is 0. The zero-order valence-corrected chi connectivity index (χ0v) is 11.4. The average molecular weight is 260 g/mol. The van der Waals surface area contributed by atoms with E-state index in [1.54, 1.807) is 18.5 Å². The van der Waals surface area contributed by atoms with Crippen molar-refractivity contribution in [2.75, 3.05) is 6.61 Å². The second-order valence-electron chi connectivity index (χ2n) is 5.31. The van der Waals surface area contributed by atoms with Crippen molar-refractivity contribution in [2.45, 2.75) is 37.8 Å². The number of nitrogens with zero attached hydrogens (tertiary/aromatic N) is 1. The Kier molecular flexibility index (Phi) is 4.00. The normalized spacial score (nSPS) is 23.1. The topological polar surface area (TPSA) is 51.2 Å². The van der Waals surface area contributed by atoms with Crippen LogP contribution in [0.5, 0.6) is 0 Å². The molecule has 1 aromatic heterocycles. The highest BCUT2D eigenvalue weighted by molar-refractivity contribution is 5.87. The van der Waals surface area contributed by atoms with Crippen LogP contribution in [-0.4, -0.2) is 29.6 Å². The Balaban J connectivity index is 2.09. The highest BCUT2D eigenvalue weighted by Crippen LogP contribution is 2.24. The van der Waals surface area contributed by atoms with Crippen LogP contribution in [0.2, 0.25) is 0 Å². The first-order chi connectivity index (χ1) is 9.05.